The molecule has 1 N–H and O–H groups in total. The smallest absolute Gasteiger partial charge is 0.0514 e. The maximum atomic E-state index is 4.17. The average molecular weight is 154 g/mol. The van der Waals surface area contributed by atoms with Crippen LogP contribution in [0.2, 0.25) is 0 Å². The van der Waals surface area contributed by atoms with Gasteiger partial charge in [0.2, 0.25) is 0 Å². The molecule has 0 spiro atoms. The first-order chi connectivity index (χ1) is 5.41. The first-order valence-electron chi connectivity index (χ1n) is 4.27. The molecule has 0 amide bonds. The molecule has 0 rings (SSSR count). The van der Waals surface area contributed by atoms with Crippen LogP contribution in [0.1, 0.15) is 20.3 Å². The zero-order valence-corrected chi connectivity index (χ0v) is 7.51. The summed E-state index contributed by atoms with van der Waals surface area (Å²) in [6, 6.07) is 0. The van der Waals surface area contributed by atoms with Gasteiger partial charge >= 0.3 is 0 Å². The predicted octanol–water partition coefficient (Wildman–Crippen LogP) is 1.63. The minimum atomic E-state index is 0.877. The highest BCUT2D eigenvalue weighted by Gasteiger charge is 1.76. The van der Waals surface area contributed by atoms with Crippen molar-refractivity contribution in [3.63, 3.8) is 0 Å². The van der Waals surface area contributed by atoms with Gasteiger partial charge in [-0.15, -0.1) is 0 Å². The molecule has 0 bridgehead atoms. The van der Waals surface area contributed by atoms with Gasteiger partial charge in [0.25, 0.3) is 0 Å². The van der Waals surface area contributed by atoms with E-state index in [1.54, 1.807) is 0 Å². The van der Waals surface area contributed by atoms with Crippen molar-refractivity contribution in [3.8, 4) is 0 Å². The summed E-state index contributed by atoms with van der Waals surface area (Å²) in [4.78, 5) is 4.17. The molecule has 0 aromatic heterocycles. The molecule has 0 heterocycles. The number of nitrogens with one attached hydrogen (secondary N) is 1. The lowest BCUT2D eigenvalue weighted by molar-refractivity contribution is 0.727. The summed E-state index contributed by atoms with van der Waals surface area (Å²) >= 11 is 0. The van der Waals surface area contributed by atoms with E-state index in [0.717, 1.165) is 26.1 Å². The Bertz CT molecular complexity index is 117. The van der Waals surface area contributed by atoms with Gasteiger partial charge in [0.15, 0.2) is 0 Å². The Morgan fingerprint density at radius 2 is 2.18 bits per heavy atom. The Labute approximate surface area is 69.4 Å². The molecule has 0 saturated heterocycles. The van der Waals surface area contributed by atoms with Crippen molar-refractivity contribution >= 4 is 6.21 Å². The van der Waals surface area contributed by atoms with E-state index >= 15 is 0 Å². The minimum absolute atomic E-state index is 0.877. The van der Waals surface area contributed by atoms with Crippen LogP contribution in [0.15, 0.2) is 17.1 Å². The van der Waals surface area contributed by atoms with E-state index in [-0.39, 0.29) is 0 Å². The van der Waals surface area contributed by atoms with Gasteiger partial charge in [0, 0.05) is 12.8 Å². The van der Waals surface area contributed by atoms with Crippen LogP contribution in [0.3, 0.4) is 0 Å². The topological polar surface area (TPSA) is 24.4 Å². The fourth-order valence-corrected chi connectivity index (χ4v) is 0.653. The second kappa shape index (κ2) is 9.37. The van der Waals surface area contributed by atoms with Crippen molar-refractivity contribution in [2.24, 2.45) is 4.99 Å². The molecule has 11 heavy (non-hydrogen) atoms. The van der Waals surface area contributed by atoms with E-state index in [9.17, 15) is 0 Å². The van der Waals surface area contributed by atoms with Crippen LogP contribution in [-0.2, 0) is 0 Å². The maximum Gasteiger partial charge on any atom is 0.0514 e. The van der Waals surface area contributed by atoms with E-state index in [4.69, 9.17) is 0 Å². The summed E-state index contributed by atoms with van der Waals surface area (Å²) < 4.78 is 0. The lowest BCUT2D eigenvalue weighted by Gasteiger charge is -1.93. The molecule has 0 atom stereocenters. The Kier molecular flexibility index (Phi) is 8.83. The molecule has 0 aromatic rings. The van der Waals surface area contributed by atoms with Gasteiger partial charge in [-0.25, -0.2) is 0 Å². The molecule has 0 aliphatic rings. The molecule has 0 unspecified atom stereocenters. The molecular weight excluding hydrogens is 136 g/mol. The van der Waals surface area contributed by atoms with Crippen molar-refractivity contribution in [3.05, 3.63) is 12.2 Å². The molecule has 2 heteroatoms. The Hall–Kier alpha value is -0.630. The van der Waals surface area contributed by atoms with Gasteiger partial charge in [-0.2, -0.15) is 0 Å². The number of aliphatic imine (C=N–C) groups is 1. The number of hydrogen-bond donors (Lipinski definition) is 1. The van der Waals surface area contributed by atoms with Gasteiger partial charge in [0.05, 0.1) is 6.54 Å². The first kappa shape index (κ1) is 10.4. The standard InChI is InChI=1S/C9H18N2/c1-3-5-6-7-11-9-8-10-4-2/h5-7,10H,3-4,8-9H2,1-2H3/b6-5-,11-7?. The average Bonchev–Trinajstić information content (AvgIpc) is 2.03. The summed E-state index contributed by atoms with van der Waals surface area (Å²) in [7, 11) is 0. The summed E-state index contributed by atoms with van der Waals surface area (Å²) in [5.74, 6) is 0. The van der Waals surface area contributed by atoms with Gasteiger partial charge in [-0.1, -0.05) is 19.9 Å². The first-order valence-corrected chi connectivity index (χ1v) is 4.27. The number of nitrogens with zero attached hydrogens (tertiary/aromatic N) is 1. The third kappa shape index (κ3) is 9.37. The number of rotatable bonds is 6. The highest BCUT2D eigenvalue weighted by atomic mass is 14.9. The third-order valence-corrected chi connectivity index (χ3v) is 1.23. The fourth-order valence-electron chi connectivity index (χ4n) is 0.653. The number of likely N-dealkylation sites (N-methyl/N-ethyl adjacent to an activating group) is 1. The van der Waals surface area contributed by atoms with E-state index in [2.05, 4.69) is 30.2 Å². The van der Waals surface area contributed by atoms with Crippen LogP contribution in [0.4, 0.5) is 0 Å². The normalized spacial score (nSPS) is 11.8. The summed E-state index contributed by atoms with van der Waals surface area (Å²) in [5, 5.41) is 3.20. The maximum absolute atomic E-state index is 4.17. The molecule has 64 valence electrons. The van der Waals surface area contributed by atoms with Gasteiger partial charge in [0.1, 0.15) is 0 Å². The largest absolute Gasteiger partial charge is 0.315 e. The highest BCUT2D eigenvalue weighted by molar-refractivity contribution is 5.70. The van der Waals surface area contributed by atoms with Crippen molar-refractivity contribution in [1.82, 2.24) is 5.32 Å². The third-order valence-electron chi connectivity index (χ3n) is 1.23. The van der Waals surface area contributed by atoms with Crippen LogP contribution in [0, 0.1) is 0 Å². The minimum Gasteiger partial charge on any atom is -0.315 e. The van der Waals surface area contributed by atoms with Crippen LogP contribution in [-0.4, -0.2) is 25.8 Å². The summed E-state index contributed by atoms with van der Waals surface area (Å²) in [5.41, 5.74) is 0. The SMILES string of the molecule is CC/C=C\C=NCCNCC. The molecule has 0 aliphatic carbocycles. The van der Waals surface area contributed by atoms with E-state index in [1.165, 1.54) is 0 Å². The molecule has 0 aromatic carbocycles. The van der Waals surface area contributed by atoms with Crippen molar-refractivity contribution in [2.45, 2.75) is 20.3 Å². The van der Waals surface area contributed by atoms with Gasteiger partial charge in [-0.05, 0) is 19.0 Å². The van der Waals surface area contributed by atoms with Gasteiger partial charge < -0.3 is 5.32 Å². The lowest BCUT2D eigenvalue weighted by Crippen LogP contribution is -2.16. The summed E-state index contributed by atoms with van der Waals surface area (Å²) in [6.07, 6.45) is 7.03. The van der Waals surface area contributed by atoms with E-state index in [0.29, 0.717) is 0 Å². The lowest BCUT2D eigenvalue weighted by atomic mass is 10.4. The predicted molar refractivity (Wildman–Crippen MR) is 51.3 cm³/mol. The second-order valence-corrected chi connectivity index (χ2v) is 2.25. The van der Waals surface area contributed by atoms with E-state index < -0.39 is 0 Å². The molecule has 2 nitrogen and oxygen atoms in total. The molecule has 0 aliphatic heterocycles. The Balaban J connectivity index is 3.09. The van der Waals surface area contributed by atoms with Crippen LogP contribution in [0.25, 0.3) is 0 Å². The molecular formula is C9H18N2. The Morgan fingerprint density at radius 1 is 1.36 bits per heavy atom. The van der Waals surface area contributed by atoms with Crippen molar-refractivity contribution in [2.75, 3.05) is 19.6 Å². The zero-order chi connectivity index (χ0) is 8.36. The number of allylic oxidation sites excluding steroid dienone is 2. The number of hydrogen-bond acceptors (Lipinski definition) is 2. The molecule has 0 radical (unpaired) electrons. The van der Waals surface area contributed by atoms with Crippen LogP contribution in [0.5, 0.6) is 0 Å². The van der Waals surface area contributed by atoms with Crippen molar-refractivity contribution < 1.29 is 0 Å². The zero-order valence-electron chi connectivity index (χ0n) is 7.51. The molecule has 0 saturated carbocycles. The monoisotopic (exact) mass is 154 g/mol. The molecule has 0 fully saturated rings. The van der Waals surface area contributed by atoms with E-state index in [1.807, 2.05) is 12.3 Å². The quantitative estimate of drug-likeness (QED) is 0.456. The van der Waals surface area contributed by atoms with Crippen LogP contribution >= 0.6 is 0 Å². The second-order valence-electron chi connectivity index (χ2n) is 2.25. The summed E-state index contributed by atoms with van der Waals surface area (Å²) in [6.45, 7) is 7.10. The highest BCUT2D eigenvalue weighted by Crippen LogP contribution is 1.76. The van der Waals surface area contributed by atoms with Crippen molar-refractivity contribution in [1.29, 1.82) is 0 Å². The van der Waals surface area contributed by atoms with Gasteiger partial charge in [-0.3, -0.25) is 4.99 Å². The Morgan fingerprint density at radius 3 is 2.82 bits per heavy atom. The van der Waals surface area contributed by atoms with Crippen LogP contribution < -0.4 is 5.32 Å². The fraction of sp³-hybridized carbons (Fsp3) is 0.667.